The Labute approximate surface area is 120 Å². The Kier molecular flexibility index (Phi) is 3.59. The molecule has 0 radical (unpaired) electrons. The lowest BCUT2D eigenvalue weighted by Crippen LogP contribution is -2.54. The Balaban J connectivity index is 1.64. The van der Waals surface area contributed by atoms with Crippen LogP contribution in [0.4, 0.5) is 0 Å². The van der Waals surface area contributed by atoms with Crippen molar-refractivity contribution in [1.29, 1.82) is 0 Å². The van der Waals surface area contributed by atoms with E-state index in [1.165, 1.54) is 19.3 Å². The van der Waals surface area contributed by atoms with E-state index in [2.05, 4.69) is 19.0 Å². The van der Waals surface area contributed by atoms with Crippen LogP contribution in [-0.4, -0.2) is 48.4 Å². The van der Waals surface area contributed by atoms with Crippen LogP contribution in [0.5, 0.6) is 0 Å². The molecule has 0 atom stereocenters. The molecule has 110 valence electrons. The monoisotopic (exact) mass is 276 g/mol. The number of nitrogens with zero attached hydrogens (tertiary/aromatic N) is 2. The van der Waals surface area contributed by atoms with Gasteiger partial charge in [-0.1, -0.05) is 12.8 Å². The van der Waals surface area contributed by atoms with Gasteiger partial charge in [0.1, 0.15) is 0 Å². The Hall–Kier alpha value is -1.29. The minimum absolute atomic E-state index is 0.0359. The van der Waals surface area contributed by atoms with Crippen molar-refractivity contribution in [2.45, 2.75) is 37.6 Å². The fourth-order valence-electron chi connectivity index (χ4n) is 3.38. The van der Waals surface area contributed by atoms with E-state index < -0.39 is 0 Å². The van der Waals surface area contributed by atoms with Crippen molar-refractivity contribution in [3.63, 3.8) is 0 Å². The van der Waals surface area contributed by atoms with Gasteiger partial charge in [-0.15, -0.1) is 0 Å². The summed E-state index contributed by atoms with van der Waals surface area (Å²) in [6.07, 6.45) is 7.79. The molecule has 2 fully saturated rings. The van der Waals surface area contributed by atoms with Gasteiger partial charge in [-0.05, 0) is 51.4 Å². The van der Waals surface area contributed by atoms with Gasteiger partial charge >= 0.3 is 0 Å². The zero-order valence-corrected chi connectivity index (χ0v) is 12.5. The SMILES string of the molecule is CN(C)C1(CC2CC2)CCN(C(=O)c2ccco2)CC1. The Bertz CT molecular complexity index is 455. The predicted molar refractivity (Wildman–Crippen MR) is 77.6 cm³/mol. The molecule has 1 aromatic heterocycles. The summed E-state index contributed by atoms with van der Waals surface area (Å²) in [6.45, 7) is 1.68. The van der Waals surface area contributed by atoms with Crippen molar-refractivity contribution in [1.82, 2.24) is 9.80 Å². The van der Waals surface area contributed by atoms with Crippen molar-refractivity contribution in [2.24, 2.45) is 5.92 Å². The first-order chi connectivity index (χ1) is 9.61. The Morgan fingerprint density at radius 3 is 2.60 bits per heavy atom. The molecule has 20 heavy (non-hydrogen) atoms. The van der Waals surface area contributed by atoms with E-state index in [9.17, 15) is 4.79 Å². The fraction of sp³-hybridized carbons (Fsp3) is 0.688. The van der Waals surface area contributed by atoms with Gasteiger partial charge < -0.3 is 14.2 Å². The molecule has 0 spiro atoms. The molecule has 2 heterocycles. The molecule has 0 unspecified atom stereocenters. The van der Waals surface area contributed by atoms with Crippen molar-refractivity contribution < 1.29 is 9.21 Å². The van der Waals surface area contributed by atoms with Crippen LogP contribution in [0.3, 0.4) is 0 Å². The number of hydrogen-bond donors (Lipinski definition) is 0. The van der Waals surface area contributed by atoms with Gasteiger partial charge in [0.2, 0.25) is 0 Å². The molecule has 1 aromatic rings. The molecular weight excluding hydrogens is 252 g/mol. The lowest BCUT2D eigenvalue weighted by atomic mass is 9.81. The highest BCUT2D eigenvalue weighted by Crippen LogP contribution is 2.42. The van der Waals surface area contributed by atoms with Crippen LogP contribution in [0.15, 0.2) is 22.8 Å². The lowest BCUT2D eigenvalue weighted by Gasteiger charge is -2.46. The van der Waals surface area contributed by atoms with Crippen molar-refractivity contribution in [3.8, 4) is 0 Å². The third-order valence-electron chi connectivity index (χ3n) is 5.03. The second kappa shape index (κ2) is 5.24. The van der Waals surface area contributed by atoms with Gasteiger partial charge in [0.25, 0.3) is 5.91 Å². The van der Waals surface area contributed by atoms with Gasteiger partial charge in [-0.2, -0.15) is 0 Å². The fourth-order valence-corrected chi connectivity index (χ4v) is 3.38. The van der Waals surface area contributed by atoms with Crippen LogP contribution in [0, 0.1) is 5.92 Å². The summed E-state index contributed by atoms with van der Waals surface area (Å²) in [5.74, 6) is 1.42. The molecule has 1 saturated carbocycles. The minimum atomic E-state index is 0.0359. The average Bonchev–Trinajstić information content (AvgIpc) is 3.08. The first-order valence-electron chi connectivity index (χ1n) is 7.61. The zero-order valence-electron chi connectivity index (χ0n) is 12.5. The van der Waals surface area contributed by atoms with Gasteiger partial charge in [0.15, 0.2) is 5.76 Å². The van der Waals surface area contributed by atoms with Crippen LogP contribution in [0.2, 0.25) is 0 Å². The maximum Gasteiger partial charge on any atom is 0.289 e. The van der Waals surface area contributed by atoms with Crippen molar-refractivity contribution in [2.75, 3.05) is 27.2 Å². The zero-order chi connectivity index (χ0) is 14.2. The molecule has 0 N–H and O–H groups in total. The van der Waals surface area contributed by atoms with Crippen LogP contribution in [0.25, 0.3) is 0 Å². The second-order valence-electron chi connectivity index (χ2n) is 6.54. The van der Waals surface area contributed by atoms with Gasteiger partial charge in [0.05, 0.1) is 6.26 Å². The number of likely N-dealkylation sites (tertiary alicyclic amines) is 1. The minimum Gasteiger partial charge on any atom is -0.459 e. The average molecular weight is 276 g/mol. The van der Waals surface area contributed by atoms with E-state index in [0.29, 0.717) is 11.3 Å². The second-order valence-corrected chi connectivity index (χ2v) is 6.54. The predicted octanol–water partition coefficient (Wildman–Crippen LogP) is 2.62. The Morgan fingerprint density at radius 2 is 2.10 bits per heavy atom. The molecule has 1 saturated heterocycles. The maximum atomic E-state index is 12.3. The highest BCUT2D eigenvalue weighted by Gasteiger charge is 2.42. The molecule has 0 aromatic carbocycles. The summed E-state index contributed by atoms with van der Waals surface area (Å²) in [6, 6.07) is 3.52. The molecule has 1 aliphatic heterocycles. The summed E-state index contributed by atoms with van der Waals surface area (Å²) in [4.78, 5) is 16.6. The van der Waals surface area contributed by atoms with E-state index in [1.807, 2.05) is 4.90 Å². The summed E-state index contributed by atoms with van der Waals surface area (Å²) >= 11 is 0. The third kappa shape index (κ3) is 2.62. The lowest BCUT2D eigenvalue weighted by molar-refractivity contribution is 0.0344. The quantitative estimate of drug-likeness (QED) is 0.848. The summed E-state index contributed by atoms with van der Waals surface area (Å²) in [7, 11) is 4.37. The Morgan fingerprint density at radius 1 is 1.40 bits per heavy atom. The third-order valence-corrected chi connectivity index (χ3v) is 5.03. The standard InChI is InChI=1S/C16H24N2O2/c1-17(2)16(12-13-5-6-13)7-9-18(10-8-16)15(19)14-4-3-11-20-14/h3-4,11,13H,5-10,12H2,1-2H3. The molecule has 2 aliphatic rings. The van der Waals surface area contributed by atoms with E-state index in [1.54, 1.807) is 18.4 Å². The first-order valence-corrected chi connectivity index (χ1v) is 7.61. The highest BCUT2D eigenvalue weighted by atomic mass is 16.3. The smallest absolute Gasteiger partial charge is 0.289 e. The van der Waals surface area contributed by atoms with Gasteiger partial charge in [0, 0.05) is 18.6 Å². The summed E-state index contributed by atoms with van der Waals surface area (Å²) < 4.78 is 5.22. The number of hydrogen-bond acceptors (Lipinski definition) is 3. The molecule has 3 rings (SSSR count). The summed E-state index contributed by atoms with van der Waals surface area (Å²) in [5.41, 5.74) is 0.293. The molecule has 4 nitrogen and oxygen atoms in total. The van der Waals surface area contributed by atoms with E-state index in [4.69, 9.17) is 4.42 Å². The largest absolute Gasteiger partial charge is 0.459 e. The first kappa shape index (κ1) is 13.7. The number of carbonyl (C=O) groups is 1. The van der Waals surface area contributed by atoms with E-state index in [-0.39, 0.29) is 5.91 Å². The van der Waals surface area contributed by atoms with Crippen LogP contribution in [-0.2, 0) is 0 Å². The van der Waals surface area contributed by atoms with Gasteiger partial charge in [-0.3, -0.25) is 4.79 Å². The molecule has 4 heteroatoms. The molecular formula is C16H24N2O2. The van der Waals surface area contributed by atoms with Gasteiger partial charge in [-0.25, -0.2) is 0 Å². The maximum absolute atomic E-state index is 12.3. The topological polar surface area (TPSA) is 36.7 Å². The number of rotatable bonds is 4. The van der Waals surface area contributed by atoms with E-state index >= 15 is 0 Å². The van der Waals surface area contributed by atoms with Crippen molar-refractivity contribution >= 4 is 5.91 Å². The van der Waals surface area contributed by atoms with E-state index in [0.717, 1.165) is 31.8 Å². The summed E-state index contributed by atoms with van der Waals surface area (Å²) in [5, 5.41) is 0. The number of amides is 1. The number of furan rings is 1. The number of carbonyl (C=O) groups excluding carboxylic acids is 1. The molecule has 1 aliphatic carbocycles. The van der Waals surface area contributed by atoms with Crippen molar-refractivity contribution in [3.05, 3.63) is 24.2 Å². The number of piperidine rings is 1. The molecule has 0 bridgehead atoms. The molecule has 1 amide bonds. The van der Waals surface area contributed by atoms with Crippen LogP contribution >= 0.6 is 0 Å². The van der Waals surface area contributed by atoms with Crippen LogP contribution in [0.1, 0.15) is 42.7 Å². The normalized spacial score (nSPS) is 22.2. The highest BCUT2D eigenvalue weighted by molar-refractivity contribution is 5.91. The van der Waals surface area contributed by atoms with Crippen LogP contribution < -0.4 is 0 Å².